The molecule has 0 saturated heterocycles. The van der Waals surface area contributed by atoms with Crippen molar-refractivity contribution in [1.82, 2.24) is 9.13 Å². The fourth-order valence-electron chi connectivity index (χ4n) is 10.00. The third kappa shape index (κ3) is 5.63. The van der Waals surface area contributed by atoms with Gasteiger partial charge >= 0.3 is 0 Å². The lowest BCUT2D eigenvalue weighted by Gasteiger charge is -2.26. The van der Waals surface area contributed by atoms with Crippen LogP contribution in [0.25, 0.3) is 99.2 Å². The van der Waals surface area contributed by atoms with Gasteiger partial charge in [-0.25, -0.2) is 0 Å². The van der Waals surface area contributed by atoms with E-state index >= 15 is 0 Å². The van der Waals surface area contributed by atoms with E-state index in [1.807, 2.05) is 0 Å². The molecule has 4 heteroatoms. The summed E-state index contributed by atoms with van der Waals surface area (Å²) in [7, 11) is 0. The van der Waals surface area contributed by atoms with Crippen LogP contribution in [0.15, 0.2) is 241 Å². The molecule has 0 amide bonds. The number of furan rings is 1. The van der Waals surface area contributed by atoms with Gasteiger partial charge in [-0.05, 0) is 113 Å². The van der Waals surface area contributed by atoms with Crippen LogP contribution in [0.5, 0.6) is 0 Å². The van der Waals surface area contributed by atoms with Gasteiger partial charge in [-0.2, -0.15) is 0 Å². The van der Waals surface area contributed by atoms with Crippen molar-refractivity contribution in [2.45, 2.75) is 0 Å². The lowest BCUT2D eigenvalue weighted by atomic mass is 10.0. The second kappa shape index (κ2) is 14.5. The minimum atomic E-state index is 0.845. The number of fused-ring (bicyclic) bond motifs is 10. The molecule has 0 atom stereocenters. The number of benzene rings is 10. The molecule has 0 fully saturated rings. The van der Waals surface area contributed by atoms with Crippen LogP contribution in [0.1, 0.15) is 0 Å². The van der Waals surface area contributed by atoms with Crippen LogP contribution >= 0.6 is 0 Å². The quantitative estimate of drug-likeness (QED) is 0.160. The molecule has 0 saturated carbocycles. The minimum Gasteiger partial charge on any atom is -0.453 e. The van der Waals surface area contributed by atoms with E-state index in [9.17, 15) is 0 Å². The van der Waals surface area contributed by atoms with Gasteiger partial charge in [0, 0.05) is 49.7 Å². The van der Waals surface area contributed by atoms with E-state index in [0.29, 0.717) is 0 Å². The standard InChI is InChI=1S/C60H39N3O/c1-4-15-40(16-5-1)41-27-32-46(33-28-41)61(47-34-29-42(30-35-47)43-31-37-55-52(39-43)48-21-10-12-24-53(48)62(55)44-17-6-2-7-18-44)57-26-14-23-49-50-36-38-56-58(60(50)64-59(49)57)51-22-11-13-25-54(51)63(56)45-19-8-3-9-20-45/h1-39H. The second-order valence-electron chi connectivity index (χ2n) is 16.5. The van der Waals surface area contributed by atoms with E-state index in [1.54, 1.807) is 0 Å². The van der Waals surface area contributed by atoms with Crippen LogP contribution in [0.2, 0.25) is 0 Å². The van der Waals surface area contributed by atoms with Gasteiger partial charge in [-0.3, -0.25) is 0 Å². The Morgan fingerprint density at radius 3 is 1.44 bits per heavy atom. The average molecular weight is 818 g/mol. The fraction of sp³-hybridized carbons (Fsp3) is 0. The van der Waals surface area contributed by atoms with Crippen molar-refractivity contribution in [2.75, 3.05) is 4.90 Å². The van der Waals surface area contributed by atoms with E-state index in [2.05, 4.69) is 251 Å². The predicted molar refractivity (Wildman–Crippen MR) is 268 cm³/mol. The summed E-state index contributed by atoms with van der Waals surface area (Å²) < 4.78 is 11.9. The number of aromatic nitrogens is 2. The highest BCUT2D eigenvalue weighted by molar-refractivity contribution is 6.25. The molecule has 0 radical (unpaired) electrons. The van der Waals surface area contributed by atoms with Crippen molar-refractivity contribution in [2.24, 2.45) is 0 Å². The number of para-hydroxylation sites is 5. The molecule has 0 bridgehead atoms. The zero-order chi connectivity index (χ0) is 42.1. The SMILES string of the molecule is c1ccc(-c2ccc(N(c3ccc(-c4ccc5c(c4)c4ccccc4n5-c4ccccc4)cc3)c3cccc4c3oc3c4ccc4c3c3ccccc3n4-c3ccccc3)cc2)cc1. The topological polar surface area (TPSA) is 26.2 Å². The number of anilines is 3. The van der Waals surface area contributed by atoms with Gasteiger partial charge in [0.05, 0.1) is 33.1 Å². The lowest BCUT2D eigenvalue weighted by Crippen LogP contribution is -2.10. The first-order valence-electron chi connectivity index (χ1n) is 21.8. The maximum absolute atomic E-state index is 7.22. The normalized spacial score (nSPS) is 11.8. The van der Waals surface area contributed by atoms with E-state index in [4.69, 9.17) is 4.42 Å². The Kier molecular flexibility index (Phi) is 8.18. The van der Waals surface area contributed by atoms with Crippen molar-refractivity contribution in [3.05, 3.63) is 237 Å². The van der Waals surface area contributed by atoms with Crippen molar-refractivity contribution in [3.8, 4) is 33.6 Å². The Labute approximate surface area is 369 Å². The van der Waals surface area contributed by atoms with Gasteiger partial charge in [-0.1, -0.05) is 146 Å². The summed E-state index contributed by atoms with van der Waals surface area (Å²) >= 11 is 0. The van der Waals surface area contributed by atoms with Gasteiger partial charge in [0.25, 0.3) is 0 Å². The molecule has 0 unspecified atom stereocenters. The molecule has 13 rings (SSSR count). The van der Waals surface area contributed by atoms with E-state index in [-0.39, 0.29) is 0 Å². The first-order valence-corrected chi connectivity index (χ1v) is 21.8. The smallest absolute Gasteiger partial charge is 0.159 e. The maximum Gasteiger partial charge on any atom is 0.159 e. The van der Waals surface area contributed by atoms with Crippen LogP contribution < -0.4 is 4.90 Å². The average Bonchev–Trinajstić information content (AvgIpc) is 4.03. The fourth-order valence-corrected chi connectivity index (χ4v) is 10.00. The molecule has 0 aliphatic rings. The molecule has 3 aromatic heterocycles. The zero-order valence-corrected chi connectivity index (χ0v) is 34.8. The summed E-state index contributed by atoms with van der Waals surface area (Å²) in [4.78, 5) is 2.34. The Morgan fingerprint density at radius 2 is 0.766 bits per heavy atom. The molecule has 3 heterocycles. The Morgan fingerprint density at radius 1 is 0.297 bits per heavy atom. The Balaban J connectivity index is 0.975. The first kappa shape index (κ1) is 36.1. The van der Waals surface area contributed by atoms with E-state index in [0.717, 1.165) is 72.4 Å². The molecular weight excluding hydrogens is 779 g/mol. The predicted octanol–water partition coefficient (Wildman–Crippen LogP) is 16.6. The summed E-state index contributed by atoms with van der Waals surface area (Å²) in [5.41, 5.74) is 16.4. The van der Waals surface area contributed by atoms with Crippen molar-refractivity contribution in [1.29, 1.82) is 0 Å². The number of rotatable bonds is 7. The van der Waals surface area contributed by atoms with Crippen LogP contribution in [-0.2, 0) is 0 Å². The Bertz CT molecular complexity index is 3860. The zero-order valence-electron chi connectivity index (χ0n) is 34.8. The highest BCUT2D eigenvalue weighted by Crippen LogP contribution is 2.46. The summed E-state index contributed by atoms with van der Waals surface area (Å²) in [5, 5.41) is 6.94. The minimum absolute atomic E-state index is 0.845. The van der Waals surface area contributed by atoms with Crippen LogP contribution in [0.4, 0.5) is 17.1 Å². The second-order valence-corrected chi connectivity index (χ2v) is 16.5. The van der Waals surface area contributed by atoms with Crippen LogP contribution in [0.3, 0.4) is 0 Å². The van der Waals surface area contributed by atoms with Gasteiger partial charge in [0.15, 0.2) is 5.58 Å². The molecule has 0 spiro atoms. The monoisotopic (exact) mass is 817 g/mol. The largest absolute Gasteiger partial charge is 0.453 e. The molecule has 64 heavy (non-hydrogen) atoms. The summed E-state index contributed by atoms with van der Waals surface area (Å²) in [5.74, 6) is 0. The third-order valence-corrected chi connectivity index (χ3v) is 12.9. The molecular formula is C60H39N3O. The summed E-state index contributed by atoms with van der Waals surface area (Å²) in [6.45, 7) is 0. The summed E-state index contributed by atoms with van der Waals surface area (Å²) in [6.07, 6.45) is 0. The van der Waals surface area contributed by atoms with E-state index < -0.39 is 0 Å². The summed E-state index contributed by atoms with van der Waals surface area (Å²) in [6, 6.07) is 84.9. The van der Waals surface area contributed by atoms with Crippen LogP contribution in [-0.4, -0.2) is 9.13 Å². The third-order valence-electron chi connectivity index (χ3n) is 12.9. The number of hydrogen-bond donors (Lipinski definition) is 0. The van der Waals surface area contributed by atoms with Gasteiger partial charge in [0.1, 0.15) is 5.58 Å². The Hall–Kier alpha value is -8.60. The first-order chi connectivity index (χ1) is 31.8. The maximum atomic E-state index is 7.22. The van der Waals surface area contributed by atoms with Gasteiger partial charge in [-0.15, -0.1) is 0 Å². The van der Waals surface area contributed by atoms with E-state index in [1.165, 1.54) is 43.9 Å². The molecule has 13 aromatic rings. The molecule has 0 aliphatic carbocycles. The molecule has 0 N–H and O–H groups in total. The van der Waals surface area contributed by atoms with Crippen molar-refractivity contribution in [3.63, 3.8) is 0 Å². The van der Waals surface area contributed by atoms with Gasteiger partial charge < -0.3 is 18.5 Å². The molecule has 0 aliphatic heterocycles. The number of hydrogen-bond acceptors (Lipinski definition) is 2. The lowest BCUT2D eigenvalue weighted by molar-refractivity contribution is 0.673. The van der Waals surface area contributed by atoms with Crippen LogP contribution in [0, 0.1) is 0 Å². The number of nitrogens with zero attached hydrogens (tertiary/aromatic N) is 3. The van der Waals surface area contributed by atoms with Gasteiger partial charge in [0.2, 0.25) is 0 Å². The van der Waals surface area contributed by atoms with Crippen molar-refractivity contribution >= 4 is 82.6 Å². The highest BCUT2D eigenvalue weighted by Gasteiger charge is 2.23. The molecule has 10 aromatic carbocycles. The van der Waals surface area contributed by atoms with Crippen molar-refractivity contribution < 1.29 is 4.42 Å². The highest BCUT2D eigenvalue weighted by atomic mass is 16.3. The molecule has 300 valence electrons. The molecule has 4 nitrogen and oxygen atoms in total.